The first-order chi connectivity index (χ1) is 10.5. The van der Waals surface area contributed by atoms with E-state index in [-0.39, 0.29) is 17.6 Å². The van der Waals surface area contributed by atoms with Crippen LogP contribution in [-0.2, 0) is 0 Å². The predicted molar refractivity (Wildman–Crippen MR) is 76.9 cm³/mol. The fraction of sp³-hybridized carbons (Fsp3) is 0.267. The lowest BCUT2D eigenvalue weighted by atomic mass is 10.3. The first kappa shape index (κ1) is 14.4. The lowest BCUT2D eigenvalue weighted by Crippen LogP contribution is -2.26. The van der Waals surface area contributed by atoms with E-state index in [1.54, 1.807) is 6.92 Å². The van der Waals surface area contributed by atoms with Crippen LogP contribution in [0.15, 0.2) is 24.3 Å². The van der Waals surface area contributed by atoms with Crippen molar-refractivity contribution in [3.8, 4) is 0 Å². The normalized spacial score (nSPS) is 13.8. The Bertz CT molecular complexity index is 731. The van der Waals surface area contributed by atoms with E-state index in [2.05, 4.69) is 20.6 Å². The Balaban J connectivity index is 1.81. The van der Waals surface area contributed by atoms with Crippen LogP contribution < -0.4 is 10.6 Å². The van der Waals surface area contributed by atoms with Crippen LogP contribution in [0.25, 0.3) is 0 Å². The number of carbonyl (C=O) groups excluding carboxylic acids is 1. The van der Waals surface area contributed by atoms with Crippen molar-refractivity contribution in [2.75, 3.05) is 5.32 Å². The van der Waals surface area contributed by atoms with Gasteiger partial charge in [0, 0.05) is 23.9 Å². The summed E-state index contributed by atoms with van der Waals surface area (Å²) >= 11 is 0. The molecule has 0 aliphatic heterocycles. The van der Waals surface area contributed by atoms with E-state index in [1.165, 1.54) is 12.1 Å². The number of aryl methyl sites for hydroxylation is 1. The van der Waals surface area contributed by atoms with Crippen molar-refractivity contribution in [3.05, 3.63) is 47.4 Å². The zero-order valence-corrected chi connectivity index (χ0v) is 11.9. The molecule has 1 aromatic carbocycles. The summed E-state index contributed by atoms with van der Waals surface area (Å²) in [6.45, 7) is 1.66. The molecule has 1 aliphatic rings. The van der Waals surface area contributed by atoms with Crippen LogP contribution in [0.4, 0.5) is 20.3 Å². The summed E-state index contributed by atoms with van der Waals surface area (Å²) in [4.78, 5) is 20.2. The Kier molecular flexibility index (Phi) is 3.70. The van der Waals surface area contributed by atoms with Crippen LogP contribution >= 0.6 is 0 Å². The van der Waals surface area contributed by atoms with Crippen molar-refractivity contribution >= 4 is 17.4 Å². The Labute approximate surface area is 125 Å². The largest absolute Gasteiger partial charge is 0.348 e. The highest BCUT2D eigenvalue weighted by Gasteiger charge is 2.24. The molecule has 2 aromatic rings. The molecule has 0 bridgehead atoms. The summed E-state index contributed by atoms with van der Waals surface area (Å²) in [6, 6.07) is 5.14. The molecule has 0 unspecified atom stereocenters. The number of aromatic nitrogens is 2. The maximum absolute atomic E-state index is 13.2. The molecule has 1 amide bonds. The number of carbonyl (C=O) groups is 1. The maximum atomic E-state index is 13.2. The molecule has 0 saturated heterocycles. The quantitative estimate of drug-likeness (QED) is 0.911. The fourth-order valence-corrected chi connectivity index (χ4v) is 1.96. The molecule has 3 rings (SSSR count). The molecule has 1 aliphatic carbocycles. The van der Waals surface area contributed by atoms with Crippen molar-refractivity contribution < 1.29 is 13.6 Å². The minimum atomic E-state index is -0.956. The van der Waals surface area contributed by atoms with E-state index >= 15 is 0 Å². The number of benzene rings is 1. The lowest BCUT2D eigenvalue weighted by Gasteiger charge is -2.09. The highest BCUT2D eigenvalue weighted by molar-refractivity contribution is 5.93. The van der Waals surface area contributed by atoms with E-state index in [4.69, 9.17) is 0 Å². The Morgan fingerprint density at radius 2 is 1.95 bits per heavy atom. The first-order valence-corrected chi connectivity index (χ1v) is 6.90. The lowest BCUT2D eigenvalue weighted by molar-refractivity contribution is 0.0945. The fourth-order valence-electron chi connectivity index (χ4n) is 1.96. The molecule has 0 spiro atoms. The number of rotatable bonds is 4. The standard InChI is InChI=1S/C15H14F2N4O/c1-8-18-13(15(22)21-9-2-3-9)7-14(19-8)20-10-4-5-11(16)12(17)6-10/h4-7,9H,2-3H2,1H3,(H,21,22)(H,18,19,20). The van der Waals surface area contributed by atoms with Gasteiger partial charge in [-0.25, -0.2) is 18.7 Å². The molecule has 0 radical (unpaired) electrons. The second-order valence-corrected chi connectivity index (χ2v) is 5.19. The second-order valence-electron chi connectivity index (χ2n) is 5.19. The van der Waals surface area contributed by atoms with Crippen LogP contribution in [0.5, 0.6) is 0 Å². The molecule has 7 heteroatoms. The molecule has 1 aromatic heterocycles. The smallest absolute Gasteiger partial charge is 0.270 e. The monoisotopic (exact) mass is 304 g/mol. The van der Waals surface area contributed by atoms with Crippen molar-refractivity contribution in [1.82, 2.24) is 15.3 Å². The molecule has 114 valence electrons. The molecular weight excluding hydrogens is 290 g/mol. The second kappa shape index (κ2) is 5.67. The zero-order chi connectivity index (χ0) is 15.7. The van der Waals surface area contributed by atoms with Gasteiger partial charge in [0.1, 0.15) is 17.3 Å². The maximum Gasteiger partial charge on any atom is 0.270 e. The molecule has 1 heterocycles. The van der Waals surface area contributed by atoms with Crippen molar-refractivity contribution in [2.45, 2.75) is 25.8 Å². The minimum Gasteiger partial charge on any atom is -0.348 e. The van der Waals surface area contributed by atoms with Gasteiger partial charge in [0.15, 0.2) is 11.6 Å². The van der Waals surface area contributed by atoms with Gasteiger partial charge in [-0.2, -0.15) is 0 Å². The number of hydrogen-bond acceptors (Lipinski definition) is 4. The van der Waals surface area contributed by atoms with Crippen molar-refractivity contribution in [3.63, 3.8) is 0 Å². The van der Waals surface area contributed by atoms with Gasteiger partial charge in [0.2, 0.25) is 0 Å². The van der Waals surface area contributed by atoms with Crippen LogP contribution in [0.2, 0.25) is 0 Å². The molecule has 1 saturated carbocycles. The number of amides is 1. The Morgan fingerprint density at radius 3 is 2.64 bits per heavy atom. The minimum absolute atomic E-state index is 0.227. The number of anilines is 2. The van der Waals surface area contributed by atoms with E-state index < -0.39 is 11.6 Å². The third-order valence-electron chi connectivity index (χ3n) is 3.18. The van der Waals surface area contributed by atoms with E-state index in [0.29, 0.717) is 17.3 Å². The Morgan fingerprint density at radius 1 is 1.18 bits per heavy atom. The zero-order valence-electron chi connectivity index (χ0n) is 11.9. The van der Waals surface area contributed by atoms with Gasteiger partial charge in [-0.05, 0) is 31.9 Å². The number of halogens is 2. The highest BCUT2D eigenvalue weighted by atomic mass is 19.2. The summed E-state index contributed by atoms with van der Waals surface area (Å²) in [7, 11) is 0. The van der Waals surface area contributed by atoms with Crippen LogP contribution in [0, 0.1) is 18.6 Å². The van der Waals surface area contributed by atoms with Gasteiger partial charge in [-0.15, -0.1) is 0 Å². The third-order valence-corrected chi connectivity index (χ3v) is 3.18. The van der Waals surface area contributed by atoms with Crippen molar-refractivity contribution in [2.24, 2.45) is 0 Å². The summed E-state index contributed by atoms with van der Waals surface area (Å²) in [5.41, 5.74) is 0.579. The predicted octanol–water partition coefficient (Wildman–Crippen LogP) is 2.70. The van der Waals surface area contributed by atoms with Gasteiger partial charge < -0.3 is 10.6 Å². The third kappa shape index (κ3) is 3.36. The van der Waals surface area contributed by atoms with Crippen LogP contribution in [-0.4, -0.2) is 21.9 Å². The van der Waals surface area contributed by atoms with Gasteiger partial charge in [0.25, 0.3) is 5.91 Å². The van der Waals surface area contributed by atoms with Gasteiger partial charge >= 0.3 is 0 Å². The molecular formula is C15H14F2N4O. The van der Waals surface area contributed by atoms with Crippen LogP contribution in [0.1, 0.15) is 29.2 Å². The highest BCUT2D eigenvalue weighted by Crippen LogP contribution is 2.21. The van der Waals surface area contributed by atoms with E-state index in [0.717, 1.165) is 25.0 Å². The molecule has 0 atom stereocenters. The van der Waals surface area contributed by atoms with E-state index in [1.807, 2.05) is 0 Å². The number of nitrogens with one attached hydrogen (secondary N) is 2. The average Bonchev–Trinajstić information content (AvgIpc) is 3.26. The summed E-state index contributed by atoms with van der Waals surface area (Å²) in [6.07, 6.45) is 1.96. The average molecular weight is 304 g/mol. The Hall–Kier alpha value is -2.57. The topological polar surface area (TPSA) is 66.9 Å². The molecule has 5 nitrogen and oxygen atoms in total. The molecule has 1 fully saturated rings. The first-order valence-electron chi connectivity index (χ1n) is 6.90. The van der Waals surface area contributed by atoms with Crippen molar-refractivity contribution in [1.29, 1.82) is 0 Å². The van der Waals surface area contributed by atoms with Gasteiger partial charge in [0.05, 0.1) is 0 Å². The van der Waals surface area contributed by atoms with Crippen LogP contribution in [0.3, 0.4) is 0 Å². The SMILES string of the molecule is Cc1nc(Nc2ccc(F)c(F)c2)cc(C(=O)NC2CC2)n1. The summed E-state index contributed by atoms with van der Waals surface area (Å²) in [5.74, 6) is -1.38. The van der Waals surface area contributed by atoms with Gasteiger partial charge in [-0.3, -0.25) is 4.79 Å². The molecule has 22 heavy (non-hydrogen) atoms. The van der Waals surface area contributed by atoms with E-state index in [9.17, 15) is 13.6 Å². The molecule has 2 N–H and O–H groups in total. The van der Waals surface area contributed by atoms with Gasteiger partial charge in [-0.1, -0.05) is 0 Å². The summed E-state index contributed by atoms with van der Waals surface area (Å²) < 4.78 is 26.1. The number of nitrogens with zero attached hydrogens (tertiary/aromatic N) is 2. The summed E-state index contributed by atoms with van der Waals surface area (Å²) in [5, 5.41) is 5.68. The number of hydrogen-bond donors (Lipinski definition) is 2.